The highest BCUT2D eigenvalue weighted by atomic mass is 35.5. The van der Waals surface area contributed by atoms with Gasteiger partial charge in [0.05, 0.1) is 23.6 Å². The molecule has 0 aliphatic heterocycles. The molecule has 0 radical (unpaired) electrons. The van der Waals surface area contributed by atoms with E-state index >= 15 is 0 Å². The molecular formula is C18H12ClNO4. The Bertz CT molecular complexity index is 990. The minimum absolute atomic E-state index is 0.0393. The van der Waals surface area contributed by atoms with Gasteiger partial charge >= 0.3 is 11.6 Å². The van der Waals surface area contributed by atoms with E-state index in [4.69, 9.17) is 16.0 Å². The highest BCUT2D eigenvalue weighted by molar-refractivity contribution is 6.50. The third kappa shape index (κ3) is 3.21. The number of carbonyl (C=O) groups is 1. The summed E-state index contributed by atoms with van der Waals surface area (Å²) in [6, 6.07) is 13.5. The zero-order valence-electron chi connectivity index (χ0n) is 12.7. The molecule has 3 rings (SSSR count). The van der Waals surface area contributed by atoms with Crippen LogP contribution in [0.3, 0.4) is 0 Å². The first kappa shape index (κ1) is 16.0. The van der Waals surface area contributed by atoms with E-state index in [1.165, 1.54) is 7.11 Å². The lowest BCUT2D eigenvalue weighted by atomic mass is 10.1. The summed E-state index contributed by atoms with van der Waals surface area (Å²) in [7, 11) is 1.32. The Morgan fingerprint density at radius 1 is 1.17 bits per heavy atom. The van der Waals surface area contributed by atoms with Gasteiger partial charge in [-0.25, -0.2) is 14.6 Å². The van der Waals surface area contributed by atoms with E-state index in [-0.39, 0.29) is 10.9 Å². The van der Waals surface area contributed by atoms with E-state index < -0.39 is 11.6 Å². The number of methoxy groups -OCH3 is 1. The second-order valence-corrected chi connectivity index (χ2v) is 5.34. The average Bonchev–Trinajstić information content (AvgIpc) is 2.61. The number of benzene rings is 2. The summed E-state index contributed by atoms with van der Waals surface area (Å²) in [5.41, 5.74) is 1.17. The molecule has 0 amide bonds. The topological polar surface area (TPSA) is 69.4 Å². The molecule has 0 aliphatic carbocycles. The lowest BCUT2D eigenvalue weighted by Gasteiger charge is -2.02. The summed E-state index contributed by atoms with van der Waals surface area (Å²) >= 11 is 6.22. The zero-order chi connectivity index (χ0) is 17.1. The zero-order valence-corrected chi connectivity index (χ0v) is 13.4. The molecule has 1 heterocycles. The fourth-order valence-corrected chi connectivity index (χ4v) is 2.37. The molecule has 0 unspecified atom stereocenters. The fraction of sp³-hybridized carbons (Fsp3) is 0.0556. The predicted octanol–water partition coefficient (Wildman–Crippen LogP) is 3.71. The van der Waals surface area contributed by atoms with Crippen LogP contribution in [0.5, 0.6) is 0 Å². The van der Waals surface area contributed by atoms with Gasteiger partial charge in [-0.3, -0.25) is 0 Å². The number of hydrogen-bond acceptors (Lipinski definition) is 5. The Labute approximate surface area is 142 Å². The number of rotatable bonds is 3. The van der Waals surface area contributed by atoms with Crippen LogP contribution in [0, 0.1) is 0 Å². The van der Waals surface area contributed by atoms with E-state index in [1.807, 2.05) is 0 Å². The van der Waals surface area contributed by atoms with Gasteiger partial charge < -0.3 is 9.15 Å². The van der Waals surface area contributed by atoms with Crippen LogP contribution in [0.15, 0.2) is 57.7 Å². The third-order valence-corrected chi connectivity index (χ3v) is 3.64. The highest BCUT2D eigenvalue weighted by Gasteiger charge is 2.09. The molecule has 0 saturated heterocycles. The van der Waals surface area contributed by atoms with Gasteiger partial charge in [0, 0.05) is 0 Å². The number of hydrogen-bond donors (Lipinski definition) is 0. The molecule has 120 valence electrons. The van der Waals surface area contributed by atoms with Gasteiger partial charge in [-0.15, -0.1) is 0 Å². The Hall–Kier alpha value is -2.92. The number of nitrogens with zero attached hydrogens (tertiary/aromatic N) is 1. The number of fused-ring (bicyclic) bond motifs is 1. The lowest BCUT2D eigenvalue weighted by molar-refractivity contribution is 0.0600. The van der Waals surface area contributed by atoms with E-state index in [9.17, 15) is 9.59 Å². The van der Waals surface area contributed by atoms with Crippen molar-refractivity contribution in [2.75, 3.05) is 7.11 Å². The molecular weight excluding hydrogens is 330 g/mol. The van der Waals surface area contributed by atoms with E-state index in [2.05, 4.69) is 9.72 Å². The summed E-state index contributed by atoms with van der Waals surface area (Å²) in [6.45, 7) is 0. The summed E-state index contributed by atoms with van der Waals surface area (Å²) < 4.78 is 9.80. The van der Waals surface area contributed by atoms with Gasteiger partial charge in [-0.1, -0.05) is 35.9 Å². The minimum atomic E-state index is -0.497. The fourth-order valence-electron chi connectivity index (χ4n) is 2.16. The van der Waals surface area contributed by atoms with Crippen LogP contribution in [-0.4, -0.2) is 18.1 Å². The minimum Gasteiger partial charge on any atom is -0.465 e. The first-order chi connectivity index (χ1) is 11.6. The maximum Gasteiger partial charge on any atom is 0.347 e. The predicted molar refractivity (Wildman–Crippen MR) is 91.8 cm³/mol. The molecule has 6 heteroatoms. The van der Waals surface area contributed by atoms with Gasteiger partial charge in [-0.2, -0.15) is 0 Å². The molecule has 1 aromatic heterocycles. The summed E-state index contributed by atoms with van der Waals surface area (Å²) in [5.74, 6) is -0.378. The van der Waals surface area contributed by atoms with Crippen LogP contribution in [-0.2, 0) is 4.74 Å². The van der Waals surface area contributed by atoms with Crippen LogP contribution in [0.4, 0.5) is 0 Å². The van der Waals surface area contributed by atoms with Crippen LogP contribution in [0.2, 0.25) is 0 Å². The number of para-hydroxylation sites is 1. The SMILES string of the molecule is COC(=O)c1ccc(/C=C(\Cl)c2nc3ccccc3c(=O)o2)cc1. The van der Waals surface area contributed by atoms with Gasteiger partial charge in [0.15, 0.2) is 0 Å². The van der Waals surface area contributed by atoms with Crippen LogP contribution >= 0.6 is 11.6 Å². The quantitative estimate of drug-likeness (QED) is 0.679. The lowest BCUT2D eigenvalue weighted by Crippen LogP contribution is -2.03. The van der Waals surface area contributed by atoms with Crippen LogP contribution < -0.4 is 5.63 Å². The maximum atomic E-state index is 12.0. The molecule has 24 heavy (non-hydrogen) atoms. The highest BCUT2D eigenvalue weighted by Crippen LogP contribution is 2.21. The Morgan fingerprint density at radius 3 is 2.58 bits per heavy atom. The molecule has 0 spiro atoms. The Morgan fingerprint density at radius 2 is 1.88 bits per heavy atom. The molecule has 0 N–H and O–H groups in total. The average molecular weight is 342 g/mol. The molecule has 0 atom stereocenters. The summed E-state index contributed by atoms with van der Waals surface area (Å²) in [6.07, 6.45) is 1.60. The first-order valence-electron chi connectivity index (χ1n) is 7.04. The summed E-state index contributed by atoms with van der Waals surface area (Å²) in [5, 5.41) is 0.580. The molecule has 5 nitrogen and oxygen atoms in total. The Balaban J connectivity index is 1.96. The number of esters is 1. The van der Waals surface area contributed by atoms with Gasteiger partial charge in [0.1, 0.15) is 5.03 Å². The van der Waals surface area contributed by atoms with Gasteiger partial charge in [-0.05, 0) is 35.9 Å². The standard InChI is InChI=1S/C18H12ClNO4/c1-23-17(21)12-8-6-11(7-9-12)10-14(19)16-20-15-5-3-2-4-13(15)18(22)24-16/h2-10H,1H3/b14-10-. The number of halogens is 1. The normalized spacial score (nSPS) is 11.5. The summed E-state index contributed by atoms with van der Waals surface area (Å²) in [4.78, 5) is 27.6. The van der Waals surface area contributed by atoms with E-state index in [0.717, 1.165) is 5.56 Å². The monoisotopic (exact) mass is 341 g/mol. The van der Waals surface area contributed by atoms with E-state index in [1.54, 1.807) is 54.6 Å². The second-order valence-electron chi connectivity index (χ2n) is 4.93. The van der Waals surface area contributed by atoms with Gasteiger partial charge in [0.2, 0.25) is 5.89 Å². The Kier molecular flexibility index (Phi) is 4.44. The largest absolute Gasteiger partial charge is 0.465 e. The maximum absolute atomic E-state index is 12.0. The number of carbonyl (C=O) groups excluding carboxylic acids is 1. The third-order valence-electron chi connectivity index (χ3n) is 3.36. The first-order valence-corrected chi connectivity index (χ1v) is 7.42. The van der Waals surface area contributed by atoms with Crippen molar-refractivity contribution in [3.8, 4) is 0 Å². The van der Waals surface area contributed by atoms with Crippen molar-refractivity contribution < 1.29 is 13.9 Å². The van der Waals surface area contributed by atoms with Gasteiger partial charge in [0.25, 0.3) is 0 Å². The molecule has 0 fully saturated rings. The van der Waals surface area contributed by atoms with Crippen molar-refractivity contribution in [3.63, 3.8) is 0 Å². The molecule has 3 aromatic rings. The van der Waals surface area contributed by atoms with Crippen molar-refractivity contribution >= 4 is 39.6 Å². The molecule has 0 aliphatic rings. The number of ether oxygens (including phenoxy) is 1. The van der Waals surface area contributed by atoms with Crippen molar-refractivity contribution in [1.82, 2.24) is 4.98 Å². The van der Waals surface area contributed by atoms with Crippen molar-refractivity contribution in [1.29, 1.82) is 0 Å². The van der Waals surface area contributed by atoms with E-state index in [0.29, 0.717) is 16.5 Å². The molecule has 0 bridgehead atoms. The van der Waals surface area contributed by atoms with Crippen molar-refractivity contribution in [2.45, 2.75) is 0 Å². The van der Waals surface area contributed by atoms with Crippen molar-refractivity contribution in [2.24, 2.45) is 0 Å². The number of aromatic nitrogens is 1. The smallest absolute Gasteiger partial charge is 0.347 e. The second kappa shape index (κ2) is 6.68. The van der Waals surface area contributed by atoms with Crippen LogP contribution in [0.1, 0.15) is 21.8 Å². The van der Waals surface area contributed by atoms with Crippen LogP contribution in [0.25, 0.3) is 22.0 Å². The molecule has 2 aromatic carbocycles. The molecule has 0 saturated carbocycles. The van der Waals surface area contributed by atoms with Crippen molar-refractivity contribution in [3.05, 3.63) is 76.0 Å².